The van der Waals surface area contributed by atoms with Gasteiger partial charge in [0.15, 0.2) is 0 Å². The number of hydrogen-bond acceptors (Lipinski definition) is 2. The van der Waals surface area contributed by atoms with E-state index < -0.39 is 0 Å². The SMILES string of the molecule is CCC(CO)NC(=O)N(CC)CC. The van der Waals surface area contributed by atoms with Gasteiger partial charge in [0.05, 0.1) is 12.6 Å². The van der Waals surface area contributed by atoms with Crippen molar-refractivity contribution in [1.82, 2.24) is 10.2 Å². The van der Waals surface area contributed by atoms with Crippen molar-refractivity contribution in [3.63, 3.8) is 0 Å². The van der Waals surface area contributed by atoms with E-state index in [-0.39, 0.29) is 18.7 Å². The summed E-state index contributed by atoms with van der Waals surface area (Å²) in [6, 6.07) is -0.209. The largest absolute Gasteiger partial charge is 0.394 e. The summed E-state index contributed by atoms with van der Waals surface area (Å²) in [6.07, 6.45) is 0.753. The minimum Gasteiger partial charge on any atom is -0.394 e. The van der Waals surface area contributed by atoms with E-state index in [1.165, 1.54) is 0 Å². The van der Waals surface area contributed by atoms with Gasteiger partial charge in [-0.05, 0) is 20.3 Å². The van der Waals surface area contributed by atoms with Gasteiger partial charge in [0.1, 0.15) is 0 Å². The number of carbonyl (C=O) groups is 1. The fourth-order valence-corrected chi connectivity index (χ4v) is 1.05. The highest BCUT2D eigenvalue weighted by Gasteiger charge is 2.12. The minimum atomic E-state index is -0.118. The zero-order valence-corrected chi connectivity index (χ0v) is 8.71. The molecule has 0 aromatic rings. The topological polar surface area (TPSA) is 52.6 Å². The molecule has 0 fully saturated rings. The van der Waals surface area contributed by atoms with Gasteiger partial charge in [0.25, 0.3) is 0 Å². The fraction of sp³-hybridized carbons (Fsp3) is 0.889. The van der Waals surface area contributed by atoms with E-state index in [1.54, 1.807) is 4.90 Å². The Balaban J connectivity index is 3.95. The molecule has 1 atom stereocenters. The quantitative estimate of drug-likeness (QED) is 0.670. The highest BCUT2D eigenvalue weighted by molar-refractivity contribution is 5.74. The Morgan fingerprint density at radius 2 is 1.92 bits per heavy atom. The average Bonchev–Trinajstić information content (AvgIpc) is 2.16. The molecular formula is C9H20N2O2. The van der Waals surface area contributed by atoms with Crippen LogP contribution in [0.25, 0.3) is 0 Å². The molecular weight excluding hydrogens is 168 g/mol. The first-order valence-corrected chi connectivity index (χ1v) is 4.85. The van der Waals surface area contributed by atoms with E-state index in [9.17, 15) is 4.79 Å². The van der Waals surface area contributed by atoms with Gasteiger partial charge in [-0.15, -0.1) is 0 Å². The van der Waals surface area contributed by atoms with E-state index in [0.717, 1.165) is 6.42 Å². The fourth-order valence-electron chi connectivity index (χ4n) is 1.05. The molecule has 0 rings (SSSR count). The van der Waals surface area contributed by atoms with Crippen LogP contribution in [0, 0.1) is 0 Å². The van der Waals surface area contributed by atoms with Crippen LogP contribution in [-0.4, -0.2) is 41.8 Å². The van der Waals surface area contributed by atoms with Crippen molar-refractivity contribution in [3.05, 3.63) is 0 Å². The maximum Gasteiger partial charge on any atom is 0.317 e. The summed E-state index contributed by atoms with van der Waals surface area (Å²) in [4.78, 5) is 13.1. The zero-order valence-electron chi connectivity index (χ0n) is 8.71. The summed E-state index contributed by atoms with van der Waals surface area (Å²) in [6.45, 7) is 7.20. The Labute approximate surface area is 79.9 Å². The molecule has 4 heteroatoms. The molecule has 0 aliphatic rings. The van der Waals surface area contributed by atoms with Crippen molar-refractivity contribution in [2.75, 3.05) is 19.7 Å². The lowest BCUT2D eigenvalue weighted by molar-refractivity contribution is 0.185. The van der Waals surface area contributed by atoms with Gasteiger partial charge < -0.3 is 15.3 Å². The number of nitrogens with one attached hydrogen (secondary N) is 1. The smallest absolute Gasteiger partial charge is 0.317 e. The van der Waals surface area contributed by atoms with Crippen molar-refractivity contribution in [3.8, 4) is 0 Å². The normalized spacial score (nSPS) is 12.3. The molecule has 0 heterocycles. The highest BCUT2D eigenvalue weighted by Crippen LogP contribution is 1.93. The Morgan fingerprint density at radius 1 is 1.38 bits per heavy atom. The first-order chi connectivity index (χ1) is 6.19. The molecule has 0 radical (unpaired) electrons. The van der Waals surface area contributed by atoms with Crippen molar-refractivity contribution in [1.29, 1.82) is 0 Å². The zero-order chi connectivity index (χ0) is 10.3. The van der Waals surface area contributed by atoms with Gasteiger partial charge in [-0.3, -0.25) is 0 Å². The molecule has 0 aliphatic heterocycles. The second kappa shape index (κ2) is 6.71. The summed E-state index contributed by atoms with van der Waals surface area (Å²) in [5, 5.41) is 11.6. The first kappa shape index (κ1) is 12.2. The van der Waals surface area contributed by atoms with Crippen molar-refractivity contribution < 1.29 is 9.90 Å². The summed E-state index contributed by atoms with van der Waals surface area (Å²) in [7, 11) is 0. The maximum absolute atomic E-state index is 11.4. The standard InChI is InChI=1S/C9H20N2O2/c1-4-8(7-12)10-9(13)11(5-2)6-3/h8,12H,4-7H2,1-3H3,(H,10,13). The van der Waals surface area contributed by atoms with E-state index >= 15 is 0 Å². The lowest BCUT2D eigenvalue weighted by atomic mass is 10.2. The summed E-state index contributed by atoms with van der Waals surface area (Å²) in [5.41, 5.74) is 0. The van der Waals surface area contributed by atoms with E-state index in [2.05, 4.69) is 5.32 Å². The summed E-state index contributed by atoms with van der Waals surface area (Å²) < 4.78 is 0. The molecule has 78 valence electrons. The number of aliphatic hydroxyl groups is 1. The molecule has 2 N–H and O–H groups in total. The van der Waals surface area contributed by atoms with Crippen LogP contribution in [0.4, 0.5) is 4.79 Å². The number of carbonyl (C=O) groups excluding carboxylic acids is 1. The van der Waals surface area contributed by atoms with E-state index in [1.807, 2.05) is 20.8 Å². The molecule has 2 amide bonds. The number of aliphatic hydroxyl groups excluding tert-OH is 1. The molecule has 0 saturated heterocycles. The van der Waals surface area contributed by atoms with Gasteiger partial charge in [-0.25, -0.2) is 4.79 Å². The van der Waals surface area contributed by atoms with Crippen LogP contribution in [0.15, 0.2) is 0 Å². The number of nitrogens with zero attached hydrogens (tertiary/aromatic N) is 1. The van der Waals surface area contributed by atoms with Crippen LogP contribution in [-0.2, 0) is 0 Å². The molecule has 0 saturated carbocycles. The van der Waals surface area contributed by atoms with Crippen molar-refractivity contribution in [2.24, 2.45) is 0 Å². The van der Waals surface area contributed by atoms with Crippen LogP contribution in [0.5, 0.6) is 0 Å². The van der Waals surface area contributed by atoms with Gasteiger partial charge in [0.2, 0.25) is 0 Å². The van der Waals surface area contributed by atoms with Gasteiger partial charge in [-0.1, -0.05) is 6.92 Å². The predicted molar refractivity (Wildman–Crippen MR) is 52.6 cm³/mol. The van der Waals surface area contributed by atoms with Crippen molar-refractivity contribution >= 4 is 6.03 Å². The Kier molecular flexibility index (Phi) is 6.32. The molecule has 0 aromatic heterocycles. The Bertz CT molecular complexity index is 143. The Morgan fingerprint density at radius 3 is 2.23 bits per heavy atom. The molecule has 4 nitrogen and oxygen atoms in total. The lowest BCUT2D eigenvalue weighted by Gasteiger charge is -2.22. The molecule has 0 spiro atoms. The third kappa shape index (κ3) is 4.12. The highest BCUT2D eigenvalue weighted by atomic mass is 16.3. The molecule has 0 bridgehead atoms. The lowest BCUT2D eigenvalue weighted by Crippen LogP contribution is -2.45. The number of rotatable bonds is 5. The van der Waals surface area contributed by atoms with Crippen LogP contribution >= 0.6 is 0 Å². The first-order valence-electron chi connectivity index (χ1n) is 4.85. The summed E-state index contributed by atoms with van der Waals surface area (Å²) in [5.74, 6) is 0. The monoisotopic (exact) mass is 188 g/mol. The van der Waals surface area contributed by atoms with Gasteiger partial charge in [-0.2, -0.15) is 0 Å². The second-order valence-corrected chi connectivity index (χ2v) is 2.91. The third-order valence-corrected chi connectivity index (χ3v) is 2.09. The Hall–Kier alpha value is -0.770. The van der Waals surface area contributed by atoms with Crippen LogP contribution in [0.3, 0.4) is 0 Å². The van der Waals surface area contributed by atoms with E-state index in [4.69, 9.17) is 5.11 Å². The predicted octanol–water partition coefficient (Wildman–Crippen LogP) is 0.809. The van der Waals surface area contributed by atoms with E-state index in [0.29, 0.717) is 13.1 Å². The molecule has 1 unspecified atom stereocenters. The third-order valence-electron chi connectivity index (χ3n) is 2.09. The number of amides is 2. The van der Waals surface area contributed by atoms with Crippen molar-refractivity contribution in [2.45, 2.75) is 33.2 Å². The van der Waals surface area contributed by atoms with Crippen LogP contribution in [0.2, 0.25) is 0 Å². The molecule has 13 heavy (non-hydrogen) atoms. The average molecular weight is 188 g/mol. The minimum absolute atomic E-state index is 0.00348. The summed E-state index contributed by atoms with van der Waals surface area (Å²) >= 11 is 0. The van der Waals surface area contributed by atoms with Crippen LogP contribution in [0.1, 0.15) is 27.2 Å². The van der Waals surface area contributed by atoms with Gasteiger partial charge in [0, 0.05) is 13.1 Å². The molecule has 0 aromatic carbocycles. The maximum atomic E-state index is 11.4. The number of hydrogen-bond donors (Lipinski definition) is 2. The molecule has 0 aliphatic carbocycles. The van der Waals surface area contributed by atoms with Gasteiger partial charge >= 0.3 is 6.03 Å². The number of urea groups is 1. The van der Waals surface area contributed by atoms with Crippen LogP contribution < -0.4 is 5.32 Å². The second-order valence-electron chi connectivity index (χ2n) is 2.91.